The number of carbonyl (C=O) groups excluding carboxylic acids is 1. The van der Waals surface area contributed by atoms with E-state index in [1.165, 1.54) is 17.0 Å². The molecule has 2 aromatic rings. The summed E-state index contributed by atoms with van der Waals surface area (Å²) in [6, 6.07) is 9.78. The molecule has 98 valence electrons. The third-order valence-corrected chi connectivity index (χ3v) is 3.12. The Morgan fingerprint density at radius 1 is 1.37 bits per heavy atom. The van der Waals surface area contributed by atoms with Gasteiger partial charge in [0.1, 0.15) is 5.82 Å². The van der Waals surface area contributed by atoms with Crippen LogP contribution in [-0.2, 0) is 6.54 Å². The number of nitrogens with zero attached hydrogens (tertiary/aromatic N) is 2. The monoisotopic (exact) mass is 322 g/mol. The normalized spacial score (nSPS) is 10.3. The fraction of sp³-hybridized carbons (Fsp3) is 0.143. The van der Waals surface area contributed by atoms with Crippen molar-refractivity contribution in [3.63, 3.8) is 0 Å². The van der Waals surface area contributed by atoms with Crippen molar-refractivity contribution in [2.24, 2.45) is 0 Å². The van der Waals surface area contributed by atoms with Gasteiger partial charge in [0.15, 0.2) is 0 Å². The SMILES string of the molecule is CN(Cc1ccccn1)C(=O)c1cc(Br)ccc1F. The van der Waals surface area contributed by atoms with Crippen molar-refractivity contribution in [2.45, 2.75) is 6.54 Å². The van der Waals surface area contributed by atoms with Crippen molar-refractivity contribution in [3.8, 4) is 0 Å². The quantitative estimate of drug-likeness (QED) is 0.869. The second-order valence-electron chi connectivity index (χ2n) is 4.11. The molecular weight excluding hydrogens is 311 g/mol. The number of hydrogen-bond donors (Lipinski definition) is 0. The molecule has 0 unspecified atom stereocenters. The number of pyridine rings is 1. The zero-order chi connectivity index (χ0) is 13.8. The van der Waals surface area contributed by atoms with Gasteiger partial charge in [-0.25, -0.2) is 4.39 Å². The van der Waals surface area contributed by atoms with E-state index in [1.807, 2.05) is 12.1 Å². The van der Waals surface area contributed by atoms with Gasteiger partial charge in [0, 0.05) is 17.7 Å². The van der Waals surface area contributed by atoms with Gasteiger partial charge in [-0.05, 0) is 30.3 Å². The molecule has 0 saturated heterocycles. The van der Waals surface area contributed by atoms with Crippen molar-refractivity contribution in [1.82, 2.24) is 9.88 Å². The predicted molar refractivity (Wildman–Crippen MR) is 74.1 cm³/mol. The zero-order valence-corrected chi connectivity index (χ0v) is 11.9. The first-order valence-corrected chi connectivity index (χ1v) is 6.47. The summed E-state index contributed by atoms with van der Waals surface area (Å²) in [7, 11) is 1.62. The maximum Gasteiger partial charge on any atom is 0.256 e. The number of hydrogen-bond acceptors (Lipinski definition) is 2. The lowest BCUT2D eigenvalue weighted by molar-refractivity contribution is 0.0778. The minimum absolute atomic E-state index is 0.0489. The van der Waals surface area contributed by atoms with Gasteiger partial charge >= 0.3 is 0 Å². The number of rotatable bonds is 3. The van der Waals surface area contributed by atoms with Crippen LogP contribution < -0.4 is 0 Å². The molecule has 0 saturated carbocycles. The van der Waals surface area contributed by atoms with Crippen molar-refractivity contribution < 1.29 is 9.18 Å². The topological polar surface area (TPSA) is 33.2 Å². The molecule has 3 nitrogen and oxygen atoms in total. The number of halogens is 2. The Bertz CT molecular complexity index is 589. The van der Waals surface area contributed by atoms with Crippen LogP contribution in [0.1, 0.15) is 16.1 Å². The van der Waals surface area contributed by atoms with Crippen LogP contribution in [0.15, 0.2) is 47.1 Å². The Balaban J connectivity index is 2.17. The number of amides is 1. The predicted octanol–water partition coefficient (Wildman–Crippen LogP) is 3.26. The zero-order valence-electron chi connectivity index (χ0n) is 10.3. The Hall–Kier alpha value is -1.75. The van der Waals surface area contributed by atoms with Crippen molar-refractivity contribution in [1.29, 1.82) is 0 Å². The molecule has 0 spiro atoms. The standard InChI is InChI=1S/C14H12BrFN2O/c1-18(9-11-4-2-3-7-17-11)14(19)12-8-10(15)5-6-13(12)16/h2-8H,9H2,1H3. The first kappa shape index (κ1) is 13.7. The highest BCUT2D eigenvalue weighted by atomic mass is 79.9. The van der Waals surface area contributed by atoms with Crippen LogP contribution in [0.2, 0.25) is 0 Å². The first-order valence-electron chi connectivity index (χ1n) is 5.68. The van der Waals surface area contributed by atoms with E-state index in [1.54, 1.807) is 25.4 Å². The van der Waals surface area contributed by atoms with E-state index in [4.69, 9.17) is 0 Å². The highest BCUT2D eigenvalue weighted by Gasteiger charge is 2.17. The molecule has 0 atom stereocenters. The molecule has 0 bridgehead atoms. The van der Waals surface area contributed by atoms with Crippen LogP contribution in [0.4, 0.5) is 4.39 Å². The maximum absolute atomic E-state index is 13.6. The largest absolute Gasteiger partial charge is 0.336 e. The molecule has 1 heterocycles. The van der Waals surface area contributed by atoms with Crippen LogP contribution >= 0.6 is 15.9 Å². The van der Waals surface area contributed by atoms with E-state index in [-0.39, 0.29) is 11.5 Å². The molecule has 19 heavy (non-hydrogen) atoms. The van der Waals surface area contributed by atoms with Crippen LogP contribution in [0.25, 0.3) is 0 Å². The minimum Gasteiger partial charge on any atom is -0.336 e. The summed E-state index contributed by atoms with van der Waals surface area (Å²) in [6.07, 6.45) is 1.66. The first-order chi connectivity index (χ1) is 9.08. The molecule has 0 N–H and O–H groups in total. The molecule has 1 aromatic heterocycles. The van der Waals surface area contributed by atoms with E-state index in [2.05, 4.69) is 20.9 Å². The molecule has 0 fully saturated rings. The van der Waals surface area contributed by atoms with Crippen LogP contribution in [-0.4, -0.2) is 22.8 Å². The smallest absolute Gasteiger partial charge is 0.256 e. The Kier molecular flexibility index (Phi) is 4.27. The Morgan fingerprint density at radius 3 is 2.84 bits per heavy atom. The molecule has 2 rings (SSSR count). The fourth-order valence-electron chi connectivity index (χ4n) is 1.67. The lowest BCUT2D eigenvalue weighted by Crippen LogP contribution is -2.27. The van der Waals surface area contributed by atoms with Gasteiger partial charge in [0.25, 0.3) is 5.91 Å². The van der Waals surface area contributed by atoms with E-state index in [0.717, 1.165) is 5.69 Å². The van der Waals surface area contributed by atoms with Gasteiger partial charge in [0.05, 0.1) is 17.8 Å². The van der Waals surface area contributed by atoms with Crippen molar-refractivity contribution >= 4 is 21.8 Å². The van der Waals surface area contributed by atoms with Gasteiger partial charge in [-0.3, -0.25) is 9.78 Å². The number of aromatic nitrogens is 1. The fourth-order valence-corrected chi connectivity index (χ4v) is 2.03. The van der Waals surface area contributed by atoms with Crippen LogP contribution in [0.5, 0.6) is 0 Å². The highest BCUT2D eigenvalue weighted by molar-refractivity contribution is 9.10. The number of benzene rings is 1. The second-order valence-corrected chi connectivity index (χ2v) is 5.02. The van der Waals surface area contributed by atoms with E-state index in [9.17, 15) is 9.18 Å². The average Bonchev–Trinajstić information content (AvgIpc) is 2.42. The summed E-state index contributed by atoms with van der Waals surface area (Å²) in [6.45, 7) is 0.339. The average molecular weight is 323 g/mol. The van der Waals surface area contributed by atoms with Gasteiger partial charge in [-0.1, -0.05) is 22.0 Å². The summed E-state index contributed by atoms with van der Waals surface area (Å²) in [4.78, 5) is 17.7. The summed E-state index contributed by atoms with van der Waals surface area (Å²) >= 11 is 3.23. The second kappa shape index (κ2) is 5.93. The molecule has 1 aromatic carbocycles. The lowest BCUT2D eigenvalue weighted by Gasteiger charge is -2.17. The summed E-state index contributed by atoms with van der Waals surface area (Å²) in [5.41, 5.74) is 0.807. The van der Waals surface area contributed by atoms with Crippen LogP contribution in [0, 0.1) is 5.82 Å². The number of carbonyl (C=O) groups is 1. The van der Waals surface area contributed by atoms with Gasteiger partial charge in [0.2, 0.25) is 0 Å². The van der Waals surface area contributed by atoms with Gasteiger partial charge < -0.3 is 4.90 Å². The molecule has 0 radical (unpaired) electrons. The molecule has 0 aliphatic heterocycles. The molecule has 0 aliphatic rings. The Morgan fingerprint density at radius 2 is 2.16 bits per heavy atom. The van der Waals surface area contributed by atoms with Gasteiger partial charge in [-0.15, -0.1) is 0 Å². The molecular formula is C14H12BrFN2O. The molecule has 1 amide bonds. The minimum atomic E-state index is -0.527. The maximum atomic E-state index is 13.6. The summed E-state index contributed by atoms with van der Waals surface area (Å²) in [5.74, 6) is -0.898. The third kappa shape index (κ3) is 3.38. The van der Waals surface area contributed by atoms with Crippen molar-refractivity contribution in [2.75, 3.05) is 7.05 Å². The Labute approximate surface area is 119 Å². The van der Waals surface area contributed by atoms with E-state index >= 15 is 0 Å². The van der Waals surface area contributed by atoms with Crippen LogP contribution in [0.3, 0.4) is 0 Å². The lowest BCUT2D eigenvalue weighted by atomic mass is 10.2. The summed E-state index contributed by atoms with van der Waals surface area (Å²) < 4.78 is 14.3. The van der Waals surface area contributed by atoms with Gasteiger partial charge in [-0.2, -0.15) is 0 Å². The summed E-state index contributed by atoms with van der Waals surface area (Å²) in [5, 5.41) is 0. The van der Waals surface area contributed by atoms with E-state index < -0.39 is 5.82 Å². The highest BCUT2D eigenvalue weighted by Crippen LogP contribution is 2.17. The molecule has 0 aliphatic carbocycles. The third-order valence-electron chi connectivity index (χ3n) is 2.63. The molecule has 5 heteroatoms. The van der Waals surface area contributed by atoms with Crippen molar-refractivity contribution in [3.05, 3.63) is 64.1 Å². The van der Waals surface area contributed by atoms with E-state index in [0.29, 0.717) is 11.0 Å².